The van der Waals surface area contributed by atoms with Gasteiger partial charge >= 0.3 is 0 Å². The first-order valence-electron chi connectivity index (χ1n) is 7.22. The number of amides is 1. The van der Waals surface area contributed by atoms with Crippen molar-refractivity contribution in [2.75, 3.05) is 11.9 Å². The lowest BCUT2D eigenvalue weighted by Crippen LogP contribution is -2.32. The quantitative estimate of drug-likeness (QED) is 0.880. The number of hydrogen-bond acceptors (Lipinski definition) is 2. The van der Waals surface area contributed by atoms with Crippen LogP contribution in [0.25, 0.3) is 0 Å². The van der Waals surface area contributed by atoms with Gasteiger partial charge < -0.3 is 10.6 Å². The van der Waals surface area contributed by atoms with Crippen molar-refractivity contribution in [1.82, 2.24) is 5.32 Å². The third kappa shape index (κ3) is 4.09. The van der Waals surface area contributed by atoms with Gasteiger partial charge in [0.2, 0.25) is 5.91 Å². The van der Waals surface area contributed by atoms with E-state index in [4.69, 9.17) is 0 Å². The first-order chi connectivity index (χ1) is 10.1. The summed E-state index contributed by atoms with van der Waals surface area (Å²) in [5.41, 5.74) is 4.45. The van der Waals surface area contributed by atoms with E-state index in [0.29, 0.717) is 0 Å². The lowest BCUT2D eigenvalue weighted by molar-refractivity contribution is -0.120. The third-order valence-corrected chi connectivity index (χ3v) is 3.58. The van der Waals surface area contributed by atoms with Crippen LogP contribution in [0.4, 0.5) is 5.69 Å². The average molecular weight is 282 g/mol. The fourth-order valence-electron chi connectivity index (χ4n) is 2.38. The summed E-state index contributed by atoms with van der Waals surface area (Å²) >= 11 is 0. The van der Waals surface area contributed by atoms with E-state index in [1.807, 2.05) is 69.3 Å². The number of aryl methyl sites for hydroxylation is 2. The summed E-state index contributed by atoms with van der Waals surface area (Å²) < 4.78 is 0. The molecule has 0 aliphatic rings. The van der Waals surface area contributed by atoms with Gasteiger partial charge in [-0.15, -0.1) is 0 Å². The summed E-state index contributed by atoms with van der Waals surface area (Å²) in [6.45, 7) is 6.36. The molecular weight excluding hydrogens is 260 g/mol. The molecule has 0 saturated carbocycles. The van der Waals surface area contributed by atoms with Gasteiger partial charge in [-0.25, -0.2) is 0 Å². The molecule has 0 bridgehead atoms. The van der Waals surface area contributed by atoms with Gasteiger partial charge in [-0.3, -0.25) is 4.79 Å². The third-order valence-electron chi connectivity index (χ3n) is 3.58. The minimum absolute atomic E-state index is 0.00555. The molecule has 2 aromatic rings. The van der Waals surface area contributed by atoms with E-state index in [-0.39, 0.29) is 18.5 Å². The Labute approximate surface area is 126 Å². The molecule has 1 unspecified atom stereocenters. The van der Waals surface area contributed by atoms with E-state index < -0.39 is 0 Å². The van der Waals surface area contributed by atoms with Crippen molar-refractivity contribution in [2.45, 2.75) is 26.8 Å². The van der Waals surface area contributed by atoms with Crippen molar-refractivity contribution in [1.29, 1.82) is 0 Å². The number of carbonyl (C=O) groups excluding carboxylic acids is 1. The molecule has 0 spiro atoms. The molecule has 2 rings (SSSR count). The van der Waals surface area contributed by atoms with Crippen LogP contribution in [0.15, 0.2) is 48.5 Å². The summed E-state index contributed by atoms with van der Waals surface area (Å²) in [6.07, 6.45) is 0. The first-order valence-corrected chi connectivity index (χ1v) is 7.22. The van der Waals surface area contributed by atoms with E-state index in [2.05, 4.69) is 10.6 Å². The highest BCUT2D eigenvalue weighted by Gasteiger charge is 2.09. The first kappa shape index (κ1) is 15.1. The van der Waals surface area contributed by atoms with Gasteiger partial charge in [0.05, 0.1) is 12.6 Å². The van der Waals surface area contributed by atoms with Crippen molar-refractivity contribution < 1.29 is 4.79 Å². The zero-order chi connectivity index (χ0) is 15.2. The van der Waals surface area contributed by atoms with Crippen LogP contribution in [0.5, 0.6) is 0 Å². The Bertz CT molecular complexity index is 588. The summed E-state index contributed by atoms with van der Waals surface area (Å²) in [4.78, 5) is 12.0. The lowest BCUT2D eigenvalue weighted by Gasteiger charge is -2.16. The molecule has 2 aromatic carbocycles. The molecular formula is C18H22N2O. The van der Waals surface area contributed by atoms with Crippen LogP contribution in [0.2, 0.25) is 0 Å². The maximum atomic E-state index is 12.0. The molecule has 1 amide bonds. The molecule has 0 aliphatic carbocycles. The maximum Gasteiger partial charge on any atom is 0.239 e. The summed E-state index contributed by atoms with van der Waals surface area (Å²) in [5.74, 6) is -0.00555. The van der Waals surface area contributed by atoms with E-state index in [1.165, 1.54) is 0 Å². The minimum atomic E-state index is -0.00555. The Balaban J connectivity index is 1.91. The topological polar surface area (TPSA) is 41.1 Å². The van der Waals surface area contributed by atoms with Crippen molar-refractivity contribution >= 4 is 11.6 Å². The van der Waals surface area contributed by atoms with Crippen molar-refractivity contribution in [3.63, 3.8) is 0 Å². The van der Waals surface area contributed by atoms with Crippen LogP contribution in [-0.4, -0.2) is 12.5 Å². The lowest BCUT2D eigenvalue weighted by atomic mass is 10.1. The average Bonchev–Trinajstić information content (AvgIpc) is 2.47. The minimum Gasteiger partial charge on any atom is -0.376 e. The molecule has 1 atom stereocenters. The zero-order valence-electron chi connectivity index (χ0n) is 12.8. The Hall–Kier alpha value is -2.29. The Morgan fingerprint density at radius 3 is 2.24 bits per heavy atom. The SMILES string of the molecule is Cc1cccc(C)c1NCC(=O)NC(C)c1ccccc1. The normalized spacial score (nSPS) is 11.8. The summed E-state index contributed by atoms with van der Waals surface area (Å²) in [7, 11) is 0. The molecule has 0 heterocycles. The Morgan fingerprint density at radius 2 is 1.62 bits per heavy atom. The van der Waals surface area contributed by atoms with Gasteiger partial charge in [-0.05, 0) is 37.5 Å². The molecule has 0 saturated heterocycles. The van der Waals surface area contributed by atoms with Crippen LogP contribution in [0.3, 0.4) is 0 Å². The van der Waals surface area contributed by atoms with Crippen molar-refractivity contribution in [3.05, 3.63) is 65.2 Å². The number of benzene rings is 2. The van der Waals surface area contributed by atoms with Gasteiger partial charge in [-0.1, -0.05) is 48.5 Å². The summed E-state index contributed by atoms with van der Waals surface area (Å²) in [6, 6.07) is 16.1. The highest BCUT2D eigenvalue weighted by Crippen LogP contribution is 2.19. The van der Waals surface area contributed by atoms with Gasteiger partial charge in [0, 0.05) is 5.69 Å². The number of rotatable bonds is 5. The second kappa shape index (κ2) is 6.93. The summed E-state index contributed by atoms with van der Waals surface area (Å²) in [5, 5.41) is 6.23. The Morgan fingerprint density at radius 1 is 1.00 bits per heavy atom. The number of para-hydroxylation sites is 1. The molecule has 21 heavy (non-hydrogen) atoms. The van der Waals surface area contributed by atoms with Gasteiger partial charge in [-0.2, -0.15) is 0 Å². The number of anilines is 1. The van der Waals surface area contributed by atoms with Crippen LogP contribution in [0, 0.1) is 13.8 Å². The molecule has 0 aliphatic heterocycles. The second-order valence-corrected chi connectivity index (χ2v) is 5.32. The van der Waals surface area contributed by atoms with E-state index in [1.54, 1.807) is 0 Å². The van der Waals surface area contributed by atoms with Gasteiger partial charge in [0.25, 0.3) is 0 Å². The standard InChI is InChI=1S/C18H22N2O/c1-13-8-7-9-14(2)18(13)19-12-17(21)20-15(3)16-10-5-4-6-11-16/h4-11,15,19H,12H2,1-3H3,(H,20,21). The molecule has 0 radical (unpaired) electrons. The zero-order valence-corrected chi connectivity index (χ0v) is 12.8. The largest absolute Gasteiger partial charge is 0.376 e. The highest BCUT2D eigenvalue weighted by molar-refractivity contribution is 5.81. The Kier molecular flexibility index (Phi) is 4.99. The predicted molar refractivity (Wildman–Crippen MR) is 87.4 cm³/mol. The smallest absolute Gasteiger partial charge is 0.239 e. The molecule has 3 nitrogen and oxygen atoms in total. The van der Waals surface area contributed by atoms with Crippen molar-refractivity contribution in [2.24, 2.45) is 0 Å². The van der Waals surface area contributed by atoms with E-state index in [9.17, 15) is 4.79 Å². The van der Waals surface area contributed by atoms with Crippen LogP contribution in [-0.2, 0) is 4.79 Å². The molecule has 2 N–H and O–H groups in total. The van der Waals surface area contributed by atoms with E-state index >= 15 is 0 Å². The van der Waals surface area contributed by atoms with Crippen LogP contribution < -0.4 is 10.6 Å². The highest BCUT2D eigenvalue weighted by atomic mass is 16.1. The van der Waals surface area contributed by atoms with Crippen LogP contribution in [0.1, 0.15) is 29.7 Å². The molecule has 3 heteroatoms. The van der Waals surface area contributed by atoms with E-state index in [0.717, 1.165) is 22.4 Å². The number of hydrogen-bond donors (Lipinski definition) is 2. The monoisotopic (exact) mass is 282 g/mol. The van der Waals surface area contributed by atoms with Crippen LogP contribution >= 0.6 is 0 Å². The van der Waals surface area contributed by atoms with Gasteiger partial charge in [0.1, 0.15) is 0 Å². The van der Waals surface area contributed by atoms with Gasteiger partial charge in [0.15, 0.2) is 0 Å². The van der Waals surface area contributed by atoms with Crippen molar-refractivity contribution in [3.8, 4) is 0 Å². The fourth-order valence-corrected chi connectivity index (χ4v) is 2.38. The molecule has 110 valence electrons. The predicted octanol–water partition coefficient (Wildman–Crippen LogP) is 3.59. The fraction of sp³-hybridized carbons (Fsp3) is 0.278. The maximum absolute atomic E-state index is 12.0. The molecule has 0 aromatic heterocycles. The number of nitrogens with one attached hydrogen (secondary N) is 2. The molecule has 0 fully saturated rings. The number of carbonyl (C=O) groups is 1. The second-order valence-electron chi connectivity index (χ2n) is 5.32.